The molecule has 0 spiro atoms. The third kappa shape index (κ3) is 4.44. The van der Waals surface area contributed by atoms with Gasteiger partial charge in [-0.2, -0.15) is 11.8 Å². The molecule has 0 unspecified atom stereocenters. The van der Waals surface area contributed by atoms with Crippen LogP contribution < -0.4 is 5.73 Å². The first-order valence-corrected chi connectivity index (χ1v) is 7.64. The molecule has 1 saturated heterocycles. The molecular formula is C14H21N3OS. The van der Waals surface area contributed by atoms with Gasteiger partial charge in [0.15, 0.2) is 5.96 Å². The Bertz CT molecular complexity index is 413. The number of methoxy groups -OCH3 is 1. The van der Waals surface area contributed by atoms with Crippen LogP contribution in [0.4, 0.5) is 0 Å². The van der Waals surface area contributed by atoms with Gasteiger partial charge in [0, 0.05) is 31.7 Å². The van der Waals surface area contributed by atoms with Crippen molar-refractivity contribution in [2.24, 2.45) is 10.7 Å². The maximum Gasteiger partial charge on any atom is 0.191 e. The van der Waals surface area contributed by atoms with Crippen LogP contribution in [0, 0.1) is 0 Å². The highest BCUT2D eigenvalue weighted by Gasteiger charge is 2.11. The first kappa shape index (κ1) is 14.2. The van der Waals surface area contributed by atoms with Crippen molar-refractivity contribution in [3.05, 3.63) is 35.4 Å². The van der Waals surface area contributed by atoms with Gasteiger partial charge in [-0.3, -0.25) is 0 Å². The average Bonchev–Trinajstić information content (AvgIpc) is 2.47. The molecule has 1 aliphatic rings. The average molecular weight is 279 g/mol. The molecule has 0 atom stereocenters. The van der Waals surface area contributed by atoms with Gasteiger partial charge in [0.2, 0.25) is 0 Å². The Balaban J connectivity index is 1.89. The smallest absolute Gasteiger partial charge is 0.191 e. The normalized spacial score (nSPS) is 16.7. The van der Waals surface area contributed by atoms with Gasteiger partial charge in [-0.05, 0) is 11.1 Å². The zero-order chi connectivity index (χ0) is 13.5. The summed E-state index contributed by atoms with van der Waals surface area (Å²) < 4.78 is 5.09. The van der Waals surface area contributed by atoms with E-state index in [0.29, 0.717) is 19.1 Å². The fourth-order valence-corrected chi connectivity index (χ4v) is 2.88. The number of hydrogen-bond acceptors (Lipinski definition) is 3. The van der Waals surface area contributed by atoms with E-state index < -0.39 is 0 Å². The number of rotatable bonds is 4. The summed E-state index contributed by atoms with van der Waals surface area (Å²) in [6.45, 7) is 3.30. The summed E-state index contributed by atoms with van der Waals surface area (Å²) in [6, 6.07) is 8.30. The summed E-state index contributed by atoms with van der Waals surface area (Å²) in [5, 5.41) is 0. The van der Waals surface area contributed by atoms with Crippen LogP contribution in [0.25, 0.3) is 0 Å². The molecule has 4 nitrogen and oxygen atoms in total. The van der Waals surface area contributed by atoms with Crippen molar-refractivity contribution >= 4 is 17.7 Å². The molecule has 2 rings (SSSR count). The van der Waals surface area contributed by atoms with E-state index in [1.54, 1.807) is 7.11 Å². The van der Waals surface area contributed by atoms with E-state index in [2.05, 4.69) is 34.2 Å². The molecule has 1 aliphatic heterocycles. The Labute approximate surface area is 119 Å². The van der Waals surface area contributed by atoms with E-state index >= 15 is 0 Å². The molecule has 0 bridgehead atoms. The highest BCUT2D eigenvalue weighted by molar-refractivity contribution is 7.99. The second-order valence-electron chi connectivity index (χ2n) is 4.52. The predicted molar refractivity (Wildman–Crippen MR) is 81.4 cm³/mol. The number of ether oxygens (including phenoxy) is 1. The summed E-state index contributed by atoms with van der Waals surface area (Å²) in [7, 11) is 1.70. The molecule has 1 aromatic carbocycles. The van der Waals surface area contributed by atoms with E-state index in [0.717, 1.165) is 24.6 Å². The summed E-state index contributed by atoms with van der Waals surface area (Å²) in [5.74, 6) is 2.95. The first-order valence-electron chi connectivity index (χ1n) is 6.49. The summed E-state index contributed by atoms with van der Waals surface area (Å²) >= 11 is 1.97. The standard InChI is InChI=1S/C14H21N3OS/c1-18-11-13-4-2-12(3-5-13)10-16-14(15)17-6-8-19-9-7-17/h2-5H,6-11H2,1H3,(H2,15,16). The fraction of sp³-hybridized carbons (Fsp3) is 0.500. The number of guanidine groups is 1. The van der Waals surface area contributed by atoms with Gasteiger partial charge in [-0.15, -0.1) is 0 Å². The Morgan fingerprint density at radius 1 is 1.26 bits per heavy atom. The predicted octanol–water partition coefficient (Wildman–Crippen LogP) is 1.70. The number of benzene rings is 1. The molecule has 2 N–H and O–H groups in total. The molecular weight excluding hydrogens is 258 g/mol. The van der Waals surface area contributed by atoms with Crippen molar-refractivity contribution in [1.29, 1.82) is 0 Å². The lowest BCUT2D eigenvalue weighted by molar-refractivity contribution is 0.185. The molecule has 1 fully saturated rings. The second kappa shape index (κ2) is 7.40. The van der Waals surface area contributed by atoms with E-state index in [1.807, 2.05) is 11.8 Å². The number of hydrogen-bond donors (Lipinski definition) is 1. The van der Waals surface area contributed by atoms with Crippen LogP contribution >= 0.6 is 11.8 Å². The minimum Gasteiger partial charge on any atom is -0.380 e. The number of thioether (sulfide) groups is 1. The van der Waals surface area contributed by atoms with E-state index in [9.17, 15) is 0 Å². The Morgan fingerprint density at radius 2 is 1.89 bits per heavy atom. The van der Waals surface area contributed by atoms with Crippen molar-refractivity contribution in [3.63, 3.8) is 0 Å². The van der Waals surface area contributed by atoms with Crippen molar-refractivity contribution in [2.75, 3.05) is 31.7 Å². The molecule has 5 heteroatoms. The van der Waals surface area contributed by atoms with Crippen LogP contribution in [-0.2, 0) is 17.9 Å². The van der Waals surface area contributed by atoms with Crippen LogP contribution in [0.2, 0.25) is 0 Å². The second-order valence-corrected chi connectivity index (χ2v) is 5.75. The minimum atomic E-state index is 0.642. The van der Waals surface area contributed by atoms with Gasteiger partial charge >= 0.3 is 0 Å². The molecule has 0 amide bonds. The number of aliphatic imine (C=N–C) groups is 1. The van der Waals surface area contributed by atoms with Crippen LogP contribution in [0.5, 0.6) is 0 Å². The zero-order valence-electron chi connectivity index (χ0n) is 11.3. The van der Waals surface area contributed by atoms with E-state index in [-0.39, 0.29) is 0 Å². The van der Waals surface area contributed by atoms with Gasteiger partial charge in [-0.25, -0.2) is 4.99 Å². The monoisotopic (exact) mass is 279 g/mol. The molecule has 0 aromatic heterocycles. The topological polar surface area (TPSA) is 50.9 Å². The quantitative estimate of drug-likeness (QED) is 0.673. The van der Waals surface area contributed by atoms with Gasteiger partial charge in [0.1, 0.15) is 0 Å². The van der Waals surface area contributed by atoms with E-state index in [1.165, 1.54) is 11.1 Å². The molecule has 104 valence electrons. The van der Waals surface area contributed by atoms with Crippen LogP contribution in [-0.4, -0.2) is 42.6 Å². The molecule has 0 saturated carbocycles. The third-order valence-corrected chi connectivity index (χ3v) is 4.04. The fourth-order valence-electron chi connectivity index (χ4n) is 1.97. The van der Waals surface area contributed by atoms with Gasteiger partial charge in [0.05, 0.1) is 13.2 Å². The molecule has 1 heterocycles. The number of nitrogens with zero attached hydrogens (tertiary/aromatic N) is 2. The first-order chi connectivity index (χ1) is 9.29. The minimum absolute atomic E-state index is 0.642. The van der Waals surface area contributed by atoms with E-state index in [4.69, 9.17) is 10.5 Å². The lowest BCUT2D eigenvalue weighted by atomic mass is 10.1. The number of nitrogens with two attached hydrogens (primary N) is 1. The Hall–Kier alpha value is -1.20. The summed E-state index contributed by atoms with van der Waals surface area (Å²) in [4.78, 5) is 6.64. The maximum absolute atomic E-state index is 6.02. The zero-order valence-corrected chi connectivity index (χ0v) is 12.2. The molecule has 19 heavy (non-hydrogen) atoms. The van der Waals surface area contributed by atoms with Crippen molar-refractivity contribution in [1.82, 2.24) is 4.90 Å². The third-order valence-electron chi connectivity index (χ3n) is 3.09. The maximum atomic E-state index is 6.02. The summed E-state index contributed by atoms with van der Waals surface area (Å²) in [5.41, 5.74) is 8.37. The van der Waals surface area contributed by atoms with Crippen LogP contribution in [0.15, 0.2) is 29.3 Å². The van der Waals surface area contributed by atoms with Crippen molar-refractivity contribution < 1.29 is 4.74 Å². The van der Waals surface area contributed by atoms with Gasteiger partial charge in [0.25, 0.3) is 0 Å². The molecule has 0 aliphatic carbocycles. The highest BCUT2D eigenvalue weighted by atomic mass is 32.2. The Morgan fingerprint density at radius 3 is 2.53 bits per heavy atom. The lowest BCUT2D eigenvalue weighted by Gasteiger charge is -2.27. The van der Waals surface area contributed by atoms with Gasteiger partial charge < -0.3 is 15.4 Å². The molecule has 1 aromatic rings. The lowest BCUT2D eigenvalue weighted by Crippen LogP contribution is -2.42. The largest absolute Gasteiger partial charge is 0.380 e. The van der Waals surface area contributed by atoms with Crippen molar-refractivity contribution in [2.45, 2.75) is 13.2 Å². The van der Waals surface area contributed by atoms with Crippen LogP contribution in [0.1, 0.15) is 11.1 Å². The summed E-state index contributed by atoms with van der Waals surface area (Å²) in [6.07, 6.45) is 0. The Kier molecular flexibility index (Phi) is 5.54. The molecule has 0 radical (unpaired) electrons. The van der Waals surface area contributed by atoms with Crippen molar-refractivity contribution in [3.8, 4) is 0 Å². The van der Waals surface area contributed by atoms with Gasteiger partial charge in [-0.1, -0.05) is 24.3 Å². The SMILES string of the molecule is COCc1ccc(CN=C(N)N2CCSCC2)cc1. The highest BCUT2D eigenvalue weighted by Crippen LogP contribution is 2.10. The van der Waals surface area contributed by atoms with Crippen LogP contribution in [0.3, 0.4) is 0 Å².